The standard InChI is InChI=1S/C22H31FN6/c1-3-24-22(26-16-18-5-7-20(23)8-6-18)27-17-19-9-10-25-21(15-19)29-13-11-28(4-2)12-14-29/h5-10,15H,3-4,11-14,16-17H2,1-2H3,(H2,24,26,27). The quantitative estimate of drug-likeness (QED) is 0.555. The number of nitrogens with one attached hydrogen (secondary N) is 2. The fourth-order valence-electron chi connectivity index (χ4n) is 3.33. The van der Waals surface area contributed by atoms with Crippen molar-refractivity contribution in [3.05, 3.63) is 59.5 Å². The summed E-state index contributed by atoms with van der Waals surface area (Å²) in [5, 5.41) is 6.56. The molecule has 0 aliphatic carbocycles. The lowest BCUT2D eigenvalue weighted by Crippen LogP contribution is -2.46. The van der Waals surface area contributed by atoms with Crippen molar-refractivity contribution in [3.63, 3.8) is 0 Å². The van der Waals surface area contributed by atoms with Crippen molar-refractivity contribution in [1.82, 2.24) is 20.5 Å². The van der Waals surface area contributed by atoms with Gasteiger partial charge in [-0.05, 0) is 48.9 Å². The molecule has 29 heavy (non-hydrogen) atoms. The van der Waals surface area contributed by atoms with Gasteiger partial charge >= 0.3 is 0 Å². The van der Waals surface area contributed by atoms with Crippen molar-refractivity contribution in [2.24, 2.45) is 4.99 Å². The number of guanidine groups is 1. The van der Waals surface area contributed by atoms with Gasteiger partial charge in [0.05, 0.1) is 6.54 Å². The summed E-state index contributed by atoms with van der Waals surface area (Å²) in [6, 6.07) is 10.6. The van der Waals surface area contributed by atoms with Crippen LogP contribution in [0.5, 0.6) is 0 Å². The summed E-state index contributed by atoms with van der Waals surface area (Å²) in [6.45, 7) is 11.5. The highest BCUT2D eigenvalue weighted by Gasteiger charge is 2.16. The van der Waals surface area contributed by atoms with Crippen LogP contribution < -0.4 is 15.5 Å². The van der Waals surface area contributed by atoms with Gasteiger partial charge in [-0.3, -0.25) is 0 Å². The first-order valence-corrected chi connectivity index (χ1v) is 10.4. The Morgan fingerprint density at radius 3 is 2.48 bits per heavy atom. The lowest BCUT2D eigenvalue weighted by atomic mass is 10.2. The normalized spacial score (nSPS) is 15.4. The molecular weight excluding hydrogens is 367 g/mol. The zero-order chi connectivity index (χ0) is 20.5. The zero-order valence-corrected chi connectivity index (χ0v) is 17.4. The Hall–Kier alpha value is -2.67. The molecule has 6 nitrogen and oxygen atoms in total. The number of rotatable bonds is 7. The summed E-state index contributed by atoms with van der Waals surface area (Å²) in [5.41, 5.74) is 2.14. The second-order valence-electron chi connectivity index (χ2n) is 7.12. The fraction of sp³-hybridized carbons (Fsp3) is 0.455. The Morgan fingerprint density at radius 1 is 1.03 bits per heavy atom. The summed E-state index contributed by atoms with van der Waals surface area (Å²) in [5.74, 6) is 1.54. The molecule has 2 heterocycles. The molecule has 0 amide bonds. The number of aliphatic imine (C=N–C) groups is 1. The molecule has 0 bridgehead atoms. The minimum Gasteiger partial charge on any atom is -0.357 e. The molecule has 0 saturated carbocycles. The molecule has 0 unspecified atom stereocenters. The average molecular weight is 399 g/mol. The number of benzene rings is 1. The molecule has 1 aromatic carbocycles. The third-order valence-electron chi connectivity index (χ3n) is 5.09. The number of anilines is 1. The Morgan fingerprint density at radius 2 is 1.79 bits per heavy atom. The van der Waals surface area contributed by atoms with E-state index in [-0.39, 0.29) is 5.82 Å². The van der Waals surface area contributed by atoms with Gasteiger partial charge in [-0.15, -0.1) is 0 Å². The average Bonchev–Trinajstić information content (AvgIpc) is 2.77. The summed E-state index contributed by atoms with van der Waals surface area (Å²) in [4.78, 5) is 14.1. The predicted molar refractivity (Wildman–Crippen MR) is 117 cm³/mol. The number of aromatic nitrogens is 1. The largest absolute Gasteiger partial charge is 0.357 e. The number of hydrogen-bond donors (Lipinski definition) is 2. The van der Waals surface area contributed by atoms with Crippen molar-refractivity contribution in [3.8, 4) is 0 Å². The van der Waals surface area contributed by atoms with Gasteiger partial charge in [0.1, 0.15) is 11.6 Å². The molecule has 1 saturated heterocycles. The van der Waals surface area contributed by atoms with Crippen LogP contribution >= 0.6 is 0 Å². The van der Waals surface area contributed by atoms with E-state index in [9.17, 15) is 4.39 Å². The molecule has 0 radical (unpaired) electrons. The van der Waals surface area contributed by atoms with Crippen LogP contribution in [0.2, 0.25) is 0 Å². The van der Waals surface area contributed by atoms with E-state index in [4.69, 9.17) is 4.99 Å². The molecule has 1 fully saturated rings. The maximum Gasteiger partial charge on any atom is 0.191 e. The lowest BCUT2D eigenvalue weighted by Gasteiger charge is -2.34. The molecule has 0 atom stereocenters. The Bertz CT molecular complexity index is 784. The Balaban J connectivity index is 1.59. The van der Waals surface area contributed by atoms with Crippen LogP contribution in [0.4, 0.5) is 10.2 Å². The van der Waals surface area contributed by atoms with Crippen LogP contribution in [0, 0.1) is 5.82 Å². The SMILES string of the molecule is CCNC(=NCc1ccnc(N2CCN(CC)CC2)c1)NCc1ccc(F)cc1. The van der Waals surface area contributed by atoms with Gasteiger partial charge in [0.15, 0.2) is 5.96 Å². The third-order valence-corrected chi connectivity index (χ3v) is 5.09. The Labute approximate surface area is 172 Å². The highest BCUT2D eigenvalue weighted by molar-refractivity contribution is 5.79. The van der Waals surface area contributed by atoms with E-state index < -0.39 is 0 Å². The van der Waals surface area contributed by atoms with Gasteiger partial charge in [0.2, 0.25) is 0 Å². The van der Waals surface area contributed by atoms with Gasteiger partial charge in [-0.1, -0.05) is 19.1 Å². The van der Waals surface area contributed by atoms with E-state index in [2.05, 4.69) is 38.4 Å². The van der Waals surface area contributed by atoms with E-state index in [1.807, 2.05) is 19.2 Å². The Kier molecular flexibility index (Phi) is 7.81. The van der Waals surface area contributed by atoms with Crippen molar-refractivity contribution in [2.45, 2.75) is 26.9 Å². The van der Waals surface area contributed by atoms with Crippen molar-refractivity contribution >= 4 is 11.8 Å². The number of hydrogen-bond acceptors (Lipinski definition) is 4. The number of likely N-dealkylation sites (N-methyl/N-ethyl adjacent to an activating group) is 1. The van der Waals surface area contributed by atoms with Gasteiger partial charge in [-0.2, -0.15) is 0 Å². The monoisotopic (exact) mass is 398 g/mol. The van der Waals surface area contributed by atoms with E-state index >= 15 is 0 Å². The summed E-state index contributed by atoms with van der Waals surface area (Å²) >= 11 is 0. The number of piperazine rings is 1. The third kappa shape index (κ3) is 6.42. The van der Waals surface area contributed by atoms with Gasteiger partial charge < -0.3 is 20.4 Å². The molecule has 1 aromatic heterocycles. The number of nitrogens with zero attached hydrogens (tertiary/aromatic N) is 4. The molecule has 2 N–H and O–H groups in total. The molecule has 2 aromatic rings. The van der Waals surface area contributed by atoms with Crippen LogP contribution in [0.1, 0.15) is 25.0 Å². The van der Waals surface area contributed by atoms with E-state index in [1.165, 1.54) is 12.1 Å². The zero-order valence-electron chi connectivity index (χ0n) is 17.4. The topological polar surface area (TPSA) is 55.8 Å². The fourth-order valence-corrected chi connectivity index (χ4v) is 3.33. The van der Waals surface area contributed by atoms with Crippen LogP contribution in [0.25, 0.3) is 0 Å². The van der Waals surface area contributed by atoms with Gasteiger partial charge in [0.25, 0.3) is 0 Å². The second kappa shape index (κ2) is 10.8. The smallest absolute Gasteiger partial charge is 0.191 e. The van der Waals surface area contributed by atoms with Crippen molar-refractivity contribution in [2.75, 3.05) is 44.2 Å². The van der Waals surface area contributed by atoms with Crippen LogP contribution in [-0.4, -0.2) is 55.1 Å². The maximum atomic E-state index is 13.1. The van der Waals surface area contributed by atoms with Crippen LogP contribution in [0.3, 0.4) is 0 Å². The molecule has 7 heteroatoms. The predicted octanol–water partition coefficient (Wildman–Crippen LogP) is 2.62. The highest BCUT2D eigenvalue weighted by atomic mass is 19.1. The van der Waals surface area contributed by atoms with Crippen molar-refractivity contribution in [1.29, 1.82) is 0 Å². The first-order chi connectivity index (χ1) is 14.2. The first kappa shape index (κ1) is 21.0. The molecule has 1 aliphatic heterocycles. The lowest BCUT2D eigenvalue weighted by molar-refractivity contribution is 0.270. The van der Waals surface area contributed by atoms with Crippen LogP contribution in [0.15, 0.2) is 47.6 Å². The highest BCUT2D eigenvalue weighted by Crippen LogP contribution is 2.15. The van der Waals surface area contributed by atoms with Crippen molar-refractivity contribution < 1.29 is 4.39 Å². The number of pyridine rings is 1. The van der Waals surface area contributed by atoms with Gasteiger partial charge in [-0.25, -0.2) is 14.4 Å². The maximum absolute atomic E-state index is 13.1. The van der Waals surface area contributed by atoms with Crippen LogP contribution in [-0.2, 0) is 13.1 Å². The summed E-state index contributed by atoms with van der Waals surface area (Å²) < 4.78 is 13.1. The van der Waals surface area contributed by atoms with E-state index in [1.54, 1.807) is 12.1 Å². The molecule has 3 rings (SSSR count). The first-order valence-electron chi connectivity index (χ1n) is 10.4. The van der Waals surface area contributed by atoms with E-state index in [0.29, 0.717) is 13.1 Å². The minimum absolute atomic E-state index is 0.223. The van der Waals surface area contributed by atoms with Gasteiger partial charge in [0, 0.05) is 45.5 Å². The van der Waals surface area contributed by atoms with E-state index in [0.717, 1.165) is 62.2 Å². The number of halogens is 1. The second-order valence-corrected chi connectivity index (χ2v) is 7.12. The molecule has 156 valence electrons. The summed E-state index contributed by atoms with van der Waals surface area (Å²) in [6.07, 6.45) is 1.87. The molecular formula is C22H31FN6. The minimum atomic E-state index is -0.223. The molecule has 1 aliphatic rings. The molecule has 0 spiro atoms. The summed E-state index contributed by atoms with van der Waals surface area (Å²) in [7, 11) is 0.